The van der Waals surface area contributed by atoms with Crippen LogP contribution in [0.25, 0.3) is 6.08 Å². The Bertz CT molecular complexity index is 672. The summed E-state index contributed by atoms with van der Waals surface area (Å²) in [4.78, 5) is 25.5. The highest BCUT2D eigenvalue weighted by molar-refractivity contribution is 9.10. The van der Waals surface area contributed by atoms with Crippen molar-refractivity contribution in [2.45, 2.75) is 26.9 Å². The number of imide groups is 1. The lowest BCUT2D eigenvalue weighted by Gasteiger charge is -2.16. The molecule has 0 saturated carbocycles. The first-order chi connectivity index (χ1) is 10.9. The van der Waals surface area contributed by atoms with Gasteiger partial charge in [0.2, 0.25) is 0 Å². The van der Waals surface area contributed by atoms with Crippen LogP contribution in [0.1, 0.15) is 26.3 Å². The molecule has 5 nitrogen and oxygen atoms in total. The first-order valence-corrected chi connectivity index (χ1v) is 8.77. The summed E-state index contributed by atoms with van der Waals surface area (Å²) in [6, 6.07) is 3.61. The number of amides is 2. The van der Waals surface area contributed by atoms with Gasteiger partial charge < -0.3 is 9.47 Å². The molecule has 0 radical (unpaired) electrons. The number of carbonyl (C=O) groups is 2. The van der Waals surface area contributed by atoms with E-state index in [0.717, 1.165) is 21.8 Å². The number of ether oxygens (including phenoxy) is 2. The first-order valence-electron chi connectivity index (χ1n) is 7.16. The minimum atomic E-state index is -0.264. The number of thioether (sulfide) groups is 1. The molecule has 0 atom stereocenters. The average Bonchev–Trinajstić information content (AvgIpc) is 2.75. The van der Waals surface area contributed by atoms with Crippen LogP contribution in [-0.2, 0) is 4.79 Å². The van der Waals surface area contributed by atoms with E-state index in [2.05, 4.69) is 15.9 Å². The Kier molecular flexibility index (Phi) is 5.75. The molecule has 0 spiro atoms. The summed E-state index contributed by atoms with van der Waals surface area (Å²) in [5.41, 5.74) is 0.756. The molecule has 1 aromatic carbocycles. The minimum absolute atomic E-state index is 0.00658. The van der Waals surface area contributed by atoms with E-state index in [0.29, 0.717) is 22.9 Å². The van der Waals surface area contributed by atoms with Crippen LogP contribution in [0.5, 0.6) is 11.5 Å². The van der Waals surface area contributed by atoms with Crippen molar-refractivity contribution in [2.75, 3.05) is 13.7 Å². The van der Waals surface area contributed by atoms with E-state index in [1.165, 1.54) is 4.90 Å². The van der Waals surface area contributed by atoms with Gasteiger partial charge in [-0.15, -0.1) is 0 Å². The van der Waals surface area contributed by atoms with Crippen molar-refractivity contribution in [3.63, 3.8) is 0 Å². The zero-order chi connectivity index (χ0) is 17.1. The Morgan fingerprint density at radius 1 is 1.35 bits per heavy atom. The van der Waals surface area contributed by atoms with E-state index in [1.807, 2.05) is 19.9 Å². The first kappa shape index (κ1) is 17.9. The van der Waals surface area contributed by atoms with Gasteiger partial charge in [0.25, 0.3) is 11.1 Å². The van der Waals surface area contributed by atoms with Gasteiger partial charge in [0.15, 0.2) is 11.5 Å². The second kappa shape index (κ2) is 7.40. The summed E-state index contributed by atoms with van der Waals surface area (Å²) >= 11 is 4.41. The molecule has 1 heterocycles. The molecule has 1 aliphatic heterocycles. The number of rotatable bonds is 5. The second-order valence-corrected chi connectivity index (χ2v) is 6.97. The molecule has 1 fully saturated rings. The normalized spacial score (nSPS) is 16.6. The maximum atomic E-state index is 12.2. The molecule has 7 heteroatoms. The Hall–Kier alpha value is -1.47. The summed E-state index contributed by atoms with van der Waals surface area (Å²) in [6.45, 7) is 6.01. The molecular weight excluding hydrogens is 382 g/mol. The summed E-state index contributed by atoms with van der Waals surface area (Å²) in [7, 11) is 1.56. The summed E-state index contributed by atoms with van der Waals surface area (Å²) < 4.78 is 11.8. The van der Waals surface area contributed by atoms with Crippen LogP contribution in [0.15, 0.2) is 21.5 Å². The second-order valence-electron chi connectivity index (χ2n) is 5.13. The van der Waals surface area contributed by atoms with Gasteiger partial charge in [-0.05, 0) is 72.2 Å². The zero-order valence-corrected chi connectivity index (χ0v) is 15.8. The number of benzene rings is 1. The Morgan fingerprint density at radius 2 is 2.04 bits per heavy atom. The minimum Gasteiger partial charge on any atom is -0.493 e. The lowest BCUT2D eigenvalue weighted by atomic mass is 10.2. The molecule has 2 amide bonds. The van der Waals surface area contributed by atoms with Crippen molar-refractivity contribution in [3.05, 3.63) is 27.1 Å². The van der Waals surface area contributed by atoms with Crippen LogP contribution >= 0.6 is 27.7 Å². The lowest BCUT2D eigenvalue weighted by Crippen LogP contribution is -2.27. The predicted octanol–water partition coefficient (Wildman–Crippen LogP) is 4.30. The van der Waals surface area contributed by atoms with Gasteiger partial charge in [-0.25, -0.2) is 0 Å². The van der Waals surface area contributed by atoms with Gasteiger partial charge in [0, 0.05) is 6.54 Å². The molecule has 1 aromatic rings. The van der Waals surface area contributed by atoms with Crippen molar-refractivity contribution in [1.82, 2.24) is 4.90 Å². The molecule has 0 aliphatic carbocycles. The molecule has 124 valence electrons. The molecule has 0 N–H and O–H groups in total. The fourth-order valence-corrected chi connectivity index (χ4v) is 3.55. The largest absolute Gasteiger partial charge is 0.493 e. The van der Waals surface area contributed by atoms with E-state index in [4.69, 9.17) is 9.47 Å². The molecule has 0 aromatic heterocycles. The van der Waals surface area contributed by atoms with Crippen LogP contribution in [-0.4, -0.2) is 35.8 Å². The number of methoxy groups -OCH3 is 1. The Labute approximate surface area is 148 Å². The molecule has 1 aliphatic rings. The molecule has 1 saturated heterocycles. The highest BCUT2D eigenvalue weighted by Gasteiger charge is 2.33. The van der Waals surface area contributed by atoms with Crippen LogP contribution in [0.2, 0.25) is 0 Å². The van der Waals surface area contributed by atoms with Gasteiger partial charge in [-0.1, -0.05) is 0 Å². The number of carbonyl (C=O) groups excluding carboxylic acids is 2. The van der Waals surface area contributed by atoms with E-state index in [1.54, 1.807) is 26.2 Å². The highest BCUT2D eigenvalue weighted by atomic mass is 79.9. The van der Waals surface area contributed by atoms with Gasteiger partial charge in [0.05, 0.1) is 22.6 Å². The third kappa shape index (κ3) is 3.90. The van der Waals surface area contributed by atoms with Crippen molar-refractivity contribution < 1.29 is 19.1 Å². The Balaban J connectivity index is 2.38. The average molecular weight is 400 g/mol. The number of nitrogens with zero attached hydrogens (tertiary/aromatic N) is 1. The molecule has 0 bridgehead atoms. The quantitative estimate of drug-likeness (QED) is 0.690. The fourth-order valence-electron chi connectivity index (χ4n) is 2.10. The number of hydrogen-bond donors (Lipinski definition) is 0. The topological polar surface area (TPSA) is 55.8 Å². The van der Waals surface area contributed by atoms with E-state index in [-0.39, 0.29) is 17.3 Å². The van der Waals surface area contributed by atoms with Crippen LogP contribution in [0, 0.1) is 0 Å². The molecule has 0 unspecified atom stereocenters. The van der Waals surface area contributed by atoms with Crippen molar-refractivity contribution in [1.29, 1.82) is 0 Å². The summed E-state index contributed by atoms with van der Waals surface area (Å²) in [5, 5.41) is -0.241. The van der Waals surface area contributed by atoms with E-state index < -0.39 is 0 Å². The molecule has 2 rings (SSSR count). The molecular formula is C16H18BrNO4S. The Morgan fingerprint density at radius 3 is 2.57 bits per heavy atom. The monoisotopic (exact) mass is 399 g/mol. The number of hydrogen-bond acceptors (Lipinski definition) is 5. The van der Waals surface area contributed by atoms with Gasteiger partial charge in [-0.3, -0.25) is 14.5 Å². The summed E-state index contributed by atoms with van der Waals surface area (Å²) in [5.74, 6) is 0.912. The SMILES string of the molecule is CCN1C(=O)S/C(=C\c2cc(Br)c(OC(C)C)c(OC)c2)C1=O. The standard InChI is InChI=1S/C16H18BrNO4S/c1-5-18-15(19)13(23-16(18)20)8-10-6-11(17)14(22-9(2)3)12(7-10)21-4/h6-9H,5H2,1-4H3/b13-8-. The third-order valence-electron chi connectivity index (χ3n) is 3.09. The summed E-state index contributed by atoms with van der Waals surface area (Å²) in [6.07, 6.45) is 1.69. The highest BCUT2D eigenvalue weighted by Crippen LogP contribution is 2.39. The lowest BCUT2D eigenvalue weighted by molar-refractivity contribution is -0.122. The predicted molar refractivity (Wildman–Crippen MR) is 94.8 cm³/mol. The van der Waals surface area contributed by atoms with E-state index in [9.17, 15) is 9.59 Å². The van der Waals surface area contributed by atoms with Crippen LogP contribution < -0.4 is 9.47 Å². The third-order valence-corrected chi connectivity index (χ3v) is 4.59. The van der Waals surface area contributed by atoms with Gasteiger partial charge >= 0.3 is 0 Å². The smallest absolute Gasteiger partial charge is 0.293 e. The van der Waals surface area contributed by atoms with Gasteiger partial charge in [-0.2, -0.15) is 0 Å². The number of halogens is 1. The molecule has 23 heavy (non-hydrogen) atoms. The van der Waals surface area contributed by atoms with Crippen LogP contribution in [0.4, 0.5) is 4.79 Å². The van der Waals surface area contributed by atoms with Gasteiger partial charge in [0.1, 0.15) is 0 Å². The van der Waals surface area contributed by atoms with E-state index >= 15 is 0 Å². The van der Waals surface area contributed by atoms with Crippen LogP contribution in [0.3, 0.4) is 0 Å². The zero-order valence-electron chi connectivity index (χ0n) is 13.4. The van der Waals surface area contributed by atoms with Crippen molar-refractivity contribution in [3.8, 4) is 11.5 Å². The van der Waals surface area contributed by atoms with Crippen molar-refractivity contribution in [2.24, 2.45) is 0 Å². The maximum absolute atomic E-state index is 12.2. The maximum Gasteiger partial charge on any atom is 0.293 e. The fraction of sp³-hybridized carbons (Fsp3) is 0.375. The number of likely N-dealkylation sites (N-methyl/N-ethyl adjacent to an activating group) is 1. The van der Waals surface area contributed by atoms with Crippen molar-refractivity contribution >= 4 is 44.9 Å².